The maximum absolute atomic E-state index is 12.0. The first-order chi connectivity index (χ1) is 11.6. The molecule has 0 radical (unpaired) electrons. The number of hydrogen-bond donors (Lipinski definition) is 2. The van der Waals surface area contributed by atoms with E-state index in [1.165, 1.54) is 35.5 Å². The van der Waals surface area contributed by atoms with Gasteiger partial charge in [-0.05, 0) is 43.4 Å². The van der Waals surface area contributed by atoms with Crippen LogP contribution >= 0.6 is 11.3 Å². The van der Waals surface area contributed by atoms with Crippen LogP contribution < -0.4 is 5.32 Å². The highest BCUT2D eigenvalue weighted by Gasteiger charge is 2.15. The average molecular weight is 344 g/mol. The molecule has 5 nitrogen and oxygen atoms in total. The minimum atomic E-state index is -0.961. The SMILES string of the molecule is O=C(Cc1ccc(C(=O)O)cc1)NCCc1nc2c(s1)CCCC2. The minimum Gasteiger partial charge on any atom is -0.478 e. The summed E-state index contributed by atoms with van der Waals surface area (Å²) < 4.78 is 0. The molecular formula is C18H20N2O3S. The van der Waals surface area contributed by atoms with E-state index < -0.39 is 5.97 Å². The number of benzene rings is 1. The van der Waals surface area contributed by atoms with Crippen LogP contribution in [0.2, 0.25) is 0 Å². The predicted molar refractivity (Wildman–Crippen MR) is 92.6 cm³/mol. The lowest BCUT2D eigenvalue weighted by Crippen LogP contribution is -2.27. The summed E-state index contributed by atoms with van der Waals surface area (Å²) in [6.45, 7) is 0.582. The summed E-state index contributed by atoms with van der Waals surface area (Å²) >= 11 is 1.78. The van der Waals surface area contributed by atoms with Gasteiger partial charge in [-0.25, -0.2) is 9.78 Å². The monoisotopic (exact) mass is 344 g/mol. The third-order valence-electron chi connectivity index (χ3n) is 4.12. The fourth-order valence-corrected chi connectivity index (χ4v) is 3.99. The van der Waals surface area contributed by atoms with Gasteiger partial charge in [0.25, 0.3) is 0 Å². The number of aromatic carboxylic acids is 1. The van der Waals surface area contributed by atoms with Gasteiger partial charge in [-0.1, -0.05) is 12.1 Å². The molecule has 126 valence electrons. The van der Waals surface area contributed by atoms with Gasteiger partial charge in [-0.2, -0.15) is 0 Å². The zero-order valence-electron chi connectivity index (χ0n) is 13.4. The first-order valence-corrected chi connectivity index (χ1v) is 9.00. The molecule has 1 aromatic heterocycles. The van der Waals surface area contributed by atoms with Gasteiger partial charge in [0.05, 0.1) is 22.7 Å². The number of aromatic nitrogens is 1. The van der Waals surface area contributed by atoms with E-state index in [0.29, 0.717) is 6.54 Å². The molecule has 3 rings (SSSR count). The fraction of sp³-hybridized carbons (Fsp3) is 0.389. The van der Waals surface area contributed by atoms with Crippen LogP contribution in [0.15, 0.2) is 24.3 Å². The molecule has 1 heterocycles. The zero-order chi connectivity index (χ0) is 16.9. The fourth-order valence-electron chi connectivity index (χ4n) is 2.83. The molecule has 1 aliphatic rings. The second-order valence-corrected chi connectivity index (χ2v) is 7.13. The highest BCUT2D eigenvalue weighted by atomic mass is 32.1. The maximum Gasteiger partial charge on any atom is 0.335 e. The van der Waals surface area contributed by atoms with Gasteiger partial charge in [0.2, 0.25) is 5.91 Å². The lowest BCUT2D eigenvalue weighted by Gasteiger charge is -2.06. The first kappa shape index (κ1) is 16.6. The number of carbonyl (C=O) groups excluding carboxylic acids is 1. The summed E-state index contributed by atoms with van der Waals surface area (Å²) in [7, 11) is 0. The maximum atomic E-state index is 12.0. The summed E-state index contributed by atoms with van der Waals surface area (Å²) in [5.41, 5.74) is 2.29. The molecule has 6 heteroatoms. The Morgan fingerprint density at radius 2 is 1.92 bits per heavy atom. The molecule has 0 atom stereocenters. The van der Waals surface area contributed by atoms with Crippen molar-refractivity contribution in [2.24, 2.45) is 0 Å². The molecule has 1 aromatic carbocycles. The van der Waals surface area contributed by atoms with Crippen molar-refractivity contribution in [2.75, 3.05) is 6.54 Å². The Morgan fingerprint density at radius 1 is 1.17 bits per heavy atom. The number of carbonyl (C=O) groups is 2. The number of rotatable bonds is 6. The molecule has 0 bridgehead atoms. The van der Waals surface area contributed by atoms with Crippen LogP contribution in [0.4, 0.5) is 0 Å². The van der Waals surface area contributed by atoms with E-state index in [2.05, 4.69) is 10.3 Å². The summed E-state index contributed by atoms with van der Waals surface area (Å²) in [5, 5.41) is 12.9. The highest BCUT2D eigenvalue weighted by molar-refractivity contribution is 7.11. The van der Waals surface area contributed by atoms with Gasteiger partial charge in [-0.3, -0.25) is 4.79 Å². The van der Waals surface area contributed by atoms with Gasteiger partial charge in [0.1, 0.15) is 0 Å². The largest absolute Gasteiger partial charge is 0.478 e. The van der Waals surface area contributed by atoms with Crippen molar-refractivity contribution in [3.63, 3.8) is 0 Å². The van der Waals surface area contributed by atoms with Gasteiger partial charge >= 0.3 is 5.97 Å². The molecule has 0 saturated heterocycles. The number of nitrogens with one attached hydrogen (secondary N) is 1. The molecule has 1 aliphatic carbocycles. The van der Waals surface area contributed by atoms with Crippen LogP contribution in [-0.2, 0) is 30.5 Å². The third kappa shape index (κ3) is 4.20. The lowest BCUT2D eigenvalue weighted by atomic mass is 10.0. The van der Waals surface area contributed by atoms with Crippen LogP contribution in [0.5, 0.6) is 0 Å². The molecule has 1 amide bonds. The second kappa shape index (κ2) is 7.57. The number of aryl methyl sites for hydroxylation is 2. The van der Waals surface area contributed by atoms with Crippen molar-refractivity contribution in [3.05, 3.63) is 51.0 Å². The predicted octanol–water partition coefficient (Wildman–Crippen LogP) is 2.62. The Balaban J connectivity index is 1.45. The number of carboxylic acid groups (broad SMARTS) is 1. The van der Waals surface area contributed by atoms with Crippen LogP contribution in [-0.4, -0.2) is 28.5 Å². The number of thiazole rings is 1. The average Bonchev–Trinajstić information content (AvgIpc) is 2.98. The zero-order valence-corrected chi connectivity index (χ0v) is 14.2. The van der Waals surface area contributed by atoms with Gasteiger partial charge in [0.15, 0.2) is 0 Å². The number of nitrogens with zero attached hydrogens (tertiary/aromatic N) is 1. The Hall–Kier alpha value is -2.21. The molecule has 0 unspecified atom stereocenters. The summed E-state index contributed by atoms with van der Waals surface area (Å²) in [6.07, 6.45) is 5.74. The molecule has 0 saturated carbocycles. The topological polar surface area (TPSA) is 79.3 Å². The van der Waals surface area contributed by atoms with Crippen LogP contribution in [0.3, 0.4) is 0 Å². The van der Waals surface area contributed by atoms with Crippen molar-refractivity contribution in [2.45, 2.75) is 38.5 Å². The van der Waals surface area contributed by atoms with E-state index >= 15 is 0 Å². The van der Waals surface area contributed by atoms with Crippen LogP contribution in [0.1, 0.15) is 44.3 Å². The highest BCUT2D eigenvalue weighted by Crippen LogP contribution is 2.26. The van der Waals surface area contributed by atoms with Crippen molar-refractivity contribution in [1.82, 2.24) is 10.3 Å². The Labute approximate surface area is 144 Å². The molecule has 0 fully saturated rings. The van der Waals surface area contributed by atoms with Crippen molar-refractivity contribution in [1.29, 1.82) is 0 Å². The Bertz CT molecular complexity index is 714. The third-order valence-corrected chi connectivity index (χ3v) is 5.33. The smallest absolute Gasteiger partial charge is 0.335 e. The standard InChI is InChI=1S/C18H20N2O3S/c21-16(11-12-5-7-13(8-6-12)18(22)23)19-10-9-17-20-14-3-1-2-4-15(14)24-17/h5-8H,1-4,9-11H2,(H,19,21)(H,22,23). The van der Waals surface area contributed by atoms with Crippen molar-refractivity contribution >= 4 is 23.2 Å². The Kier molecular flexibility index (Phi) is 5.25. The van der Waals surface area contributed by atoms with Crippen molar-refractivity contribution < 1.29 is 14.7 Å². The van der Waals surface area contributed by atoms with E-state index in [-0.39, 0.29) is 17.9 Å². The molecule has 24 heavy (non-hydrogen) atoms. The number of carboxylic acids is 1. The van der Waals surface area contributed by atoms with Crippen LogP contribution in [0.25, 0.3) is 0 Å². The molecule has 2 aromatic rings. The second-order valence-electron chi connectivity index (χ2n) is 5.96. The number of fused-ring (bicyclic) bond motifs is 1. The van der Waals surface area contributed by atoms with E-state index in [0.717, 1.165) is 29.8 Å². The van der Waals surface area contributed by atoms with E-state index in [4.69, 9.17) is 5.11 Å². The van der Waals surface area contributed by atoms with Crippen molar-refractivity contribution in [3.8, 4) is 0 Å². The molecule has 0 aliphatic heterocycles. The van der Waals surface area contributed by atoms with Gasteiger partial charge in [0, 0.05) is 17.8 Å². The normalized spacial score (nSPS) is 13.3. The molecule has 2 N–H and O–H groups in total. The summed E-state index contributed by atoms with van der Waals surface area (Å²) in [4.78, 5) is 28.9. The Morgan fingerprint density at radius 3 is 2.62 bits per heavy atom. The first-order valence-electron chi connectivity index (χ1n) is 8.18. The minimum absolute atomic E-state index is 0.0561. The molecule has 0 spiro atoms. The summed E-state index contributed by atoms with van der Waals surface area (Å²) in [5.74, 6) is -1.02. The number of amides is 1. The van der Waals surface area contributed by atoms with Crippen LogP contribution in [0, 0.1) is 0 Å². The van der Waals surface area contributed by atoms with E-state index in [1.54, 1.807) is 23.5 Å². The van der Waals surface area contributed by atoms with E-state index in [9.17, 15) is 9.59 Å². The van der Waals surface area contributed by atoms with Gasteiger partial charge < -0.3 is 10.4 Å². The number of hydrogen-bond acceptors (Lipinski definition) is 4. The van der Waals surface area contributed by atoms with E-state index in [1.807, 2.05) is 0 Å². The summed E-state index contributed by atoms with van der Waals surface area (Å²) in [6, 6.07) is 6.39. The quantitative estimate of drug-likeness (QED) is 0.844. The molecular weight excluding hydrogens is 324 g/mol. The lowest BCUT2D eigenvalue weighted by molar-refractivity contribution is -0.120. The van der Waals surface area contributed by atoms with Gasteiger partial charge in [-0.15, -0.1) is 11.3 Å².